The molecule has 0 saturated carbocycles. The second kappa shape index (κ2) is 6.78. The fraction of sp³-hybridized carbons (Fsp3) is 0.278. The van der Waals surface area contributed by atoms with Crippen molar-refractivity contribution in [2.45, 2.75) is 25.9 Å². The summed E-state index contributed by atoms with van der Waals surface area (Å²) in [6, 6.07) is 7.87. The molecule has 0 spiro atoms. The van der Waals surface area contributed by atoms with Gasteiger partial charge in [-0.25, -0.2) is 4.39 Å². The van der Waals surface area contributed by atoms with Gasteiger partial charge in [-0.2, -0.15) is 0 Å². The molecular weight excluding hydrogens is 307 g/mol. The van der Waals surface area contributed by atoms with E-state index in [1.54, 1.807) is 25.4 Å². The lowest BCUT2D eigenvalue weighted by molar-refractivity contribution is -0.121. The Morgan fingerprint density at radius 1 is 1.42 bits per heavy atom. The molecule has 0 bridgehead atoms. The van der Waals surface area contributed by atoms with Crippen molar-refractivity contribution < 1.29 is 9.18 Å². The number of rotatable bonds is 4. The maximum Gasteiger partial charge on any atom is 0.226 e. The van der Waals surface area contributed by atoms with Crippen molar-refractivity contribution in [1.29, 1.82) is 0 Å². The normalized spacial score (nSPS) is 15.7. The van der Waals surface area contributed by atoms with Crippen LogP contribution in [0.4, 0.5) is 4.39 Å². The summed E-state index contributed by atoms with van der Waals surface area (Å²) in [5.41, 5.74) is 3.66. The lowest BCUT2D eigenvalue weighted by Gasteiger charge is -2.14. The number of pyridine rings is 1. The number of carbonyl (C=O) groups excluding carboxylic acids is 1. The van der Waals surface area contributed by atoms with Crippen LogP contribution < -0.4 is 10.6 Å². The van der Waals surface area contributed by atoms with Crippen molar-refractivity contribution in [1.82, 2.24) is 15.6 Å². The lowest BCUT2D eigenvalue weighted by Crippen LogP contribution is -2.28. The Kier molecular flexibility index (Phi) is 4.55. The highest BCUT2D eigenvalue weighted by atomic mass is 19.1. The van der Waals surface area contributed by atoms with Crippen LogP contribution in [0.3, 0.4) is 0 Å². The molecule has 124 valence electrons. The zero-order valence-electron chi connectivity index (χ0n) is 13.6. The molecule has 0 aliphatic carbocycles. The highest BCUT2D eigenvalue weighted by molar-refractivity contribution is 6.02. The molecule has 0 unspecified atom stereocenters. The van der Waals surface area contributed by atoms with E-state index >= 15 is 0 Å². The number of halogens is 1. The van der Waals surface area contributed by atoms with Gasteiger partial charge in [0.1, 0.15) is 11.7 Å². The van der Waals surface area contributed by atoms with E-state index in [4.69, 9.17) is 0 Å². The van der Waals surface area contributed by atoms with Gasteiger partial charge in [-0.3, -0.25) is 14.8 Å². The molecular formula is C18H19FN4O. The van der Waals surface area contributed by atoms with Crippen molar-refractivity contribution in [2.75, 3.05) is 7.05 Å². The summed E-state index contributed by atoms with van der Waals surface area (Å²) in [6.45, 7) is 2.57. The molecule has 0 radical (unpaired) electrons. The van der Waals surface area contributed by atoms with E-state index < -0.39 is 0 Å². The van der Waals surface area contributed by atoms with Gasteiger partial charge < -0.3 is 10.6 Å². The topological polar surface area (TPSA) is 66.4 Å². The third-order valence-electron chi connectivity index (χ3n) is 4.06. The average Bonchev–Trinajstić information content (AvgIpc) is 2.97. The number of carbonyl (C=O) groups is 1. The highest BCUT2D eigenvalue weighted by Gasteiger charge is 2.18. The molecule has 0 saturated heterocycles. The van der Waals surface area contributed by atoms with Crippen LogP contribution in [0.2, 0.25) is 0 Å². The first-order valence-electron chi connectivity index (χ1n) is 7.80. The number of nitrogens with one attached hydrogen (secondary N) is 2. The minimum absolute atomic E-state index is 0.116. The maximum absolute atomic E-state index is 13.0. The van der Waals surface area contributed by atoms with Crippen LogP contribution in [-0.4, -0.2) is 23.8 Å². The number of aromatic nitrogens is 1. The Morgan fingerprint density at radius 2 is 2.17 bits per heavy atom. The molecule has 1 aliphatic heterocycles. The Hall–Kier alpha value is -2.76. The molecule has 3 rings (SSSR count). The summed E-state index contributed by atoms with van der Waals surface area (Å²) in [5, 5.41) is 6.10. The van der Waals surface area contributed by atoms with E-state index in [0.717, 1.165) is 28.2 Å². The van der Waals surface area contributed by atoms with E-state index in [2.05, 4.69) is 20.6 Å². The second-order valence-corrected chi connectivity index (χ2v) is 5.78. The van der Waals surface area contributed by atoms with Gasteiger partial charge in [-0.15, -0.1) is 0 Å². The largest absolute Gasteiger partial charge is 0.366 e. The summed E-state index contributed by atoms with van der Waals surface area (Å²) in [7, 11) is 1.73. The molecule has 1 amide bonds. The molecule has 6 heteroatoms. The molecule has 5 nitrogen and oxygen atoms in total. The maximum atomic E-state index is 13.0. The van der Waals surface area contributed by atoms with Gasteiger partial charge in [0.2, 0.25) is 5.91 Å². The van der Waals surface area contributed by atoms with Crippen molar-refractivity contribution in [3.05, 3.63) is 64.7 Å². The van der Waals surface area contributed by atoms with E-state index in [1.165, 1.54) is 12.1 Å². The number of nitrogens with zero attached hydrogens (tertiary/aromatic N) is 2. The Morgan fingerprint density at radius 3 is 2.88 bits per heavy atom. The molecule has 2 aromatic rings. The summed E-state index contributed by atoms with van der Waals surface area (Å²) >= 11 is 0. The van der Waals surface area contributed by atoms with Gasteiger partial charge in [0.05, 0.1) is 18.2 Å². The third kappa shape index (κ3) is 3.42. The fourth-order valence-corrected chi connectivity index (χ4v) is 2.77. The zero-order valence-corrected chi connectivity index (χ0v) is 13.6. The smallest absolute Gasteiger partial charge is 0.226 e. The van der Waals surface area contributed by atoms with E-state index in [0.29, 0.717) is 6.54 Å². The second-order valence-electron chi connectivity index (χ2n) is 5.78. The first kappa shape index (κ1) is 16.1. The van der Waals surface area contributed by atoms with Crippen LogP contribution in [0.15, 0.2) is 41.5 Å². The molecule has 1 aromatic heterocycles. The van der Waals surface area contributed by atoms with Gasteiger partial charge >= 0.3 is 0 Å². The number of fused-ring (bicyclic) bond motifs is 1. The number of amidine groups is 1. The van der Waals surface area contributed by atoms with Crippen LogP contribution >= 0.6 is 0 Å². The van der Waals surface area contributed by atoms with Crippen LogP contribution in [0.25, 0.3) is 0 Å². The third-order valence-corrected chi connectivity index (χ3v) is 4.06. The summed E-state index contributed by atoms with van der Waals surface area (Å²) in [5.74, 6) is 0.427. The Balaban J connectivity index is 1.64. The monoisotopic (exact) mass is 326 g/mol. The van der Waals surface area contributed by atoms with E-state index in [-0.39, 0.29) is 24.2 Å². The van der Waals surface area contributed by atoms with Crippen LogP contribution in [0.5, 0.6) is 0 Å². The van der Waals surface area contributed by atoms with Crippen LogP contribution in [0, 0.1) is 5.82 Å². The molecule has 1 aromatic carbocycles. The predicted molar refractivity (Wildman–Crippen MR) is 90.2 cm³/mol. The first-order valence-corrected chi connectivity index (χ1v) is 7.80. The molecule has 1 aliphatic rings. The van der Waals surface area contributed by atoms with Crippen molar-refractivity contribution >= 4 is 11.7 Å². The van der Waals surface area contributed by atoms with Crippen molar-refractivity contribution in [3.63, 3.8) is 0 Å². The van der Waals surface area contributed by atoms with E-state index in [1.807, 2.05) is 13.0 Å². The molecule has 1 atom stereocenters. The average molecular weight is 326 g/mol. The number of hydrogen-bond acceptors (Lipinski definition) is 3. The Bertz CT molecular complexity index is 786. The van der Waals surface area contributed by atoms with Crippen molar-refractivity contribution in [3.8, 4) is 0 Å². The summed E-state index contributed by atoms with van der Waals surface area (Å²) < 4.78 is 13.0. The number of aliphatic imine (C=N–C) groups is 1. The van der Waals surface area contributed by atoms with Gasteiger partial charge in [-0.1, -0.05) is 12.1 Å². The SMILES string of the molecule is CN=C1NCc2cc(CC(=O)N[C@H](C)c3ccc(F)cc3)ncc21. The minimum Gasteiger partial charge on any atom is -0.366 e. The number of benzene rings is 1. The fourth-order valence-electron chi connectivity index (χ4n) is 2.77. The van der Waals surface area contributed by atoms with Crippen LogP contribution in [0.1, 0.15) is 35.3 Å². The molecule has 2 N–H and O–H groups in total. The van der Waals surface area contributed by atoms with Gasteiger partial charge in [-0.05, 0) is 36.2 Å². The highest BCUT2D eigenvalue weighted by Crippen LogP contribution is 2.17. The molecule has 2 heterocycles. The molecule has 0 fully saturated rings. The van der Waals surface area contributed by atoms with Gasteiger partial charge in [0.25, 0.3) is 0 Å². The standard InChI is InChI=1S/C18H19FN4O/c1-11(12-3-5-14(19)6-4-12)23-17(24)8-15-7-13-9-22-18(20-2)16(13)10-21-15/h3-7,10-11H,8-9H2,1-2H3,(H,20,22)(H,23,24)/t11-/m1/s1. The summed E-state index contributed by atoms with van der Waals surface area (Å²) in [6.07, 6.45) is 1.96. The first-order chi connectivity index (χ1) is 11.6. The minimum atomic E-state index is -0.289. The van der Waals surface area contributed by atoms with Gasteiger partial charge in [0, 0.05) is 25.4 Å². The van der Waals surface area contributed by atoms with Gasteiger partial charge in [0.15, 0.2) is 0 Å². The van der Waals surface area contributed by atoms with Crippen molar-refractivity contribution in [2.24, 2.45) is 4.99 Å². The summed E-state index contributed by atoms with van der Waals surface area (Å²) in [4.78, 5) is 20.7. The Labute approximate surface area is 140 Å². The lowest BCUT2D eigenvalue weighted by atomic mass is 10.1. The van der Waals surface area contributed by atoms with E-state index in [9.17, 15) is 9.18 Å². The number of amides is 1. The predicted octanol–water partition coefficient (Wildman–Crippen LogP) is 2.12. The molecule has 24 heavy (non-hydrogen) atoms. The number of hydrogen-bond donors (Lipinski definition) is 2. The zero-order chi connectivity index (χ0) is 17.1. The quantitative estimate of drug-likeness (QED) is 0.904. The van der Waals surface area contributed by atoms with Crippen LogP contribution in [-0.2, 0) is 17.8 Å².